The van der Waals surface area contributed by atoms with Gasteiger partial charge < -0.3 is 14.2 Å². The summed E-state index contributed by atoms with van der Waals surface area (Å²) in [6, 6.07) is 7.39. The lowest BCUT2D eigenvalue weighted by Gasteiger charge is -2.15. The van der Waals surface area contributed by atoms with Crippen molar-refractivity contribution in [3.63, 3.8) is 0 Å². The summed E-state index contributed by atoms with van der Waals surface area (Å²) in [4.78, 5) is 11.9. The number of carbonyl (C=O) groups excluding carboxylic acids is 1. The summed E-state index contributed by atoms with van der Waals surface area (Å²) < 4.78 is 16.3. The van der Waals surface area contributed by atoms with Crippen LogP contribution in [0.15, 0.2) is 24.3 Å². The molecule has 1 saturated carbocycles. The first-order valence-corrected chi connectivity index (χ1v) is 8.97. The number of hydrogen-bond acceptors (Lipinski definition) is 6. The molecule has 0 radical (unpaired) electrons. The van der Waals surface area contributed by atoms with E-state index in [1.165, 1.54) is 6.07 Å². The predicted octanol–water partition coefficient (Wildman–Crippen LogP) is 5.28. The summed E-state index contributed by atoms with van der Waals surface area (Å²) in [5, 5.41) is 7.84. The highest BCUT2D eigenvalue weighted by molar-refractivity contribution is 6.29. The second-order valence-corrected chi connectivity index (χ2v) is 7.15. The van der Waals surface area contributed by atoms with Crippen molar-refractivity contribution in [3.05, 3.63) is 40.5 Å². The third-order valence-electron chi connectivity index (χ3n) is 3.88. The van der Waals surface area contributed by atoms with Crippen LogP contribution in [0.1, 0.15) is 43.7 Å². The average Bonchev–Trinajstić information content (AvgIpc) is 3.42. The Morgan fingerprint density at radius 1 is 1.31 bits per heavy atom. The average molecular weight is 377 g/mol. The molecule has 3 rings (SSSR count). The molecule has 1 heterocycles. The van der Waals surface area contributed by atoms with Crippen molar-refractivity contribution in [2.24, 2.45) is 5.92 Å². The minimum atomic E-state index is -0.834. The number of carbonyl (C=O) groups is 1. The van der Waals surface area contributed by atoms with Crippen LogP contribution in [0.5, 0.6) is 17.4 Å². The second-order valence-electron chi connectivity index (χ2n) is 6.76. The van der Waals surface area contributed by atoms with Gasteiger partial charge in [-0.2, -0.15) is 0 Å². The fraction of sp³-hybridized carbons (Fsp3) is 0.421. The molecule has 0 atom stereocenters. The highest BCUT2D eigenvalue weighted by Gasteiger charge is 2.28. The molecule has 138 valence electrons. The van der Waals surface area contributed by atoms with E-state index in [2.05, 4.69) is 10.2 Å². The molecule has 1 fully saturated rings. The van der Waals surface area contributed by atoms with Crippen LogP contribution in [0.2, 0.25) is 5.15 Å². The molecule has 26 heavy (non-hydrogen) atoms. The third kappa shape index (κ3) is 4.64. The number of halogens is 1. The lowest BCUT2D eigenvalue weighted by atomic mass is 10.1. The molecule has 0 amide bonds. The maximum atomic E-state index is 11.9. The van der Waals surface area contributed by atoms with Gasteiger partial charge >= 0.3 is 6.16 Å². The first kappa shape index (κ1) is 18.5. The molecule has 1 aliphatic carbocycles. The van der Waals surface area contributed by atoms with Gasteiger partial charge in [0.2, 0.25) is 5.75 Å². The molecule has 0 bridgehead atoms. The van der Waals surface area contributed by atoms with E-state index in [4.69, 9.17) is 25.8 Å². The smallest absolute Gasteiger partial charge is 0.434 e. The van der Waals surface area contributed by atoms with Crippen molar-refractivity contribution in [2.45, 2.75) is 39.5 Å². The molecule has 0 N–H and O–H groups in total. The van der Waals surface area contributed by atoms with Crippen molar-refractivity contribution < 1.29 is 19.0 Å². The monoisotopic (exact) mass is 376 g/mol. The second kappa shape index (κ2) is 7.91. The topological polar surface area (TPSA) is 70.5 Å². The zero-order valence-electron chi connectivity index (χ0n) is 15.0. The SMILES string of the molecule is Cc1cccc(C2CC2)c1Oc1nnc(Cl)cc1OC(=O)OCC(C)C. The first-order chi connectivity index (χ1) is 12.4. The summed E-state index contributed by atoms with van der Waals surface area (Å²) in [7, 11) is 0. The van der Waals surface area contributed by atoms with E-state index in [9.17, 15) is 4.79 Å². The minimum Gasteiger partial charge on any atom is -0.434 e. The lowest BCUT2D eigenvalue weighted by Crippen LogP contribution is -2.15. The maximum Gasteiger partial charge on any atom is 0.514 e. The van der Waals surface area contributed by atoms with E-state index in [1.807, 2.05) is 39.0 Å². The van der Waals surface area contributed by atoms with E-state index in [0.717, 1.165) is 24.0 Å². The molecule has 7 heteroatoms. The van der Waals surface area contributed by atoms with E-state index in [1.54, 1.807) is 0 Å². The Balaban J connectivity index is 1.84. The van der Waals surface area contributed by atoms with E-state index >= 15 is 0 Å². The van der Waals surface area contributed by atoms with Crippen molar-refractivity contribution in [1.82, 2.24) is 10.2 Å². The van der Waals surface area contributed by atoms with Crippen LogP contribution in [-0.4, -0.2) is 23.0 Å². The van der Waals surface area contributed by atoms with Crippen LogP contribution in [0, 0.1) is 12.8 Å². The number of nitrogens with zero attached hydrogens (tertiary/aromatic N) is 2. The summed E-state index contributed by atoms with van der Waals surface area (Å²) >= 11 is 5.89. The lowest BCUT2D eigenvalue weighted by molar-refractivity contribution is 0.0874. The van der Waals surface area contributed by atoms with Crippen LogP contribution in [0.4, 0.5) is 4.79 Å². The molecule has 0 aliphatic heterocycles. The normalized spacial score (nSPS) is 13.6. The van der Waals surface area contributed by atoms with Gasteiger partial charge in [-0.1, -0.05) is 43.6 Å². The molecular weight excluding hydrogens is 356 g/mol. The first-order valence-electron chi connectivity index (χ1n) is 8.59. The van der Waals surface area contributed by atoms with Crippen molar-refractivity contribution in [3.8, 4) is 17.4 Å². The van der Waals surface area contributed by atoms with E-state index < -0.39 is 6.16 Å². The van der Waals surface area contributed by atoms with Gasteiger partial charge in [-0.05, 0) is 42.7 Å². The van der Waals surface area contributed by atoms with Crippen LogP contribution < -0.4 is 9.47 Å². The highest BCUT2D eigenvalue weighted by Crippen LogP contribution is 2.46. The van der Waals surface area contributed by atoms with Gasteiger partial charge in [0.05, 0.1) is 6.61 Å². The Morgan fingerprint density at radius 2 is 2.08 bits per heavy atom. The van der Waals surface area contributed by atoms with Crippen LogP contribution >= 0.6 is 11.6 Å². The number of ether oxygens (including phenoxy) is 3. The third-order valence-corrected chi connectivity index (χ3v) is 4.07. The Kier molecular flexibility index (Phi) is 5.61. The Hall–Kier alpha value is -2.34. The maximum absolute atomic E-state index is 11.9. The van der Waals surface area contributed by atoms with Gasteiger partial charge in [-0.3, -0.25) is 0 Å². The molecule has 0 unspecified atom stereocenters. The molecule has 1 aliphatic rings. The highest BCUT2D eigenvalue weighted by atomic mass is 35.5. The fourth-order valence-electron chi connectivity index (χ4n) is 2.47. The summed E-state index contributed by atoms with van der Waals surface area (Å²) in [6.07, 6.45) is 1.44. The Labute approximate surface area is 157 Å². The molecule has 1 aromatic heterocycles. The van der Waals surface area contributed by atoms with Gasteiger partial charge in [0.15, 0.2) is 5.15 Å². The zero-order chi connectivity index (χ0) is 18.7. The number of hydrogen-bond donors (Lipinski definition) is 0. The standard InChI is InChI=1S/C19H21ClN2O4/c1-11(2)10-24-19(23)25-15-9-16(20)21-22-18(15)26-17-12(3)5-4-6-14(17)13-7-8-13/h4-6,9,11,13H,7-8,10H2,1-3H3. The molecule has 2 aromatic rings. The Bertz CT molecular complexity index is 806. The van der Waals surface area contributed by atoms with Gasteiger partial charge in [0, 0.05) is 6.07 Å². The molecule has 0 saturated heterocycles. The molecule has 1 aromatic carbocycles. The number of benzene rings is 1. The van der Waals surface area contributed by atoms with Crippen LogP contribution in [0.3, 0.4) is 0 Å². The minimum absolute atomic E-state index is 0.0729. The van der Waals surface area contributed by atoms with Crippen molar-refractivity contribution in [1.29, 1.82) is 0 Å². The van der Waals surface area contributed by atoms with Crippen molar-refractivity contribution in [2.75, 3.05) is 6.61 Å². The number of aryl methyl sites for hydroxylation is 1. The van der Waals surface area contributed by atoms with Crippen LogP contribution in [0.25, 0.3) is 0 Å². The summed E-state index contributed by atoms with van der Waals surface area (Å²) in [6.45, 7) is 6.08. The molecule has 0 spiro atoms. The number of aromatic nitrogens is 2. The number of para-hydroxylation sites is 1. The van der Waals surface area contributed by atoms with Crippen molar-refractivity contribution >= 4 is 17.8 Å². The molecular formula is C19H21ClN2O4. The number of rotatable bonds is 6. The van der Waals surface area contributed by atoms with Gasteiger partial charge in [-0.25, -0.2) is 4.79 Å². The quantitative estimate of drug-likeness (QED) is 0.639. The zero-order valence-corrected chi connectivity index (χ0v) is 15.7. The predicted molar refractivity (Wildman–Crippen MR) is 97.1 cm³/mol. The van der Waals surface area contributed by atoms with Gasteiger partial charge in [-0.15, -0.1) is 10.2 Å². The largest absolute Gasteiger partial charge is 0.514 e. The fourth-order valence-corrected chi connectivity index (χ4v) is 2.60. The molecule has 6 nitrogen and oxygen atoms in total. The summed E-state index contributed by atoms with van der Waals surface area (Å²) in [5.74, 6) is 1.55. The van der Waals surface area contributed by atoms with E-state index in [-0.39, 0.29) is 29.3 Å². The van der Waals surface area contributed by atoms with Crippen LogP contribution in [-0.2, 0) is 4.74 Å². The Morgan fingerprint density at radius 3 is 2.77 bits per heavy atom. The van der Waals surface area contributed by atoms with Gasteiger partial charge in [0.25, 0.3) is 5.88 Å². The summed E-state index contributed by atoms with van der Waals surface area (Å²) in [5.41, 5.74) is 2.09. The van der Waals surface area contributed by atoms with E-state index in [0.29, 0.717) is 11.7 Å². The van der Waals surface area contributed by atoms with Gasteiger partial charge in [0.1, 0.15) is 5.75 Å².